The fraction of sp³-hybridized carbons (Fsp3) is 0.385. The first-order valence-corrected chi connectivity index (χ1v) is 11.5. The lowest BCUT2D eigenvalue weighted by atomic mass is 10.0. The third kappa shape index (κ3) is 5.81. The highest BCUT2D eigenvalue weighted by atomic mass is 16.5. The number of anilines is 2. The van der Waals surface area contributed by atoms with Crippen LogP contribution in [0.5, 0.6) is 0 Å². The molecule has 0 spiro atoms. The number of carbonyl (C=O) groups is 4. The molecule has 1 saturated heterocycles. The highest BCUT2D eigenvalue weighted by Gasteiger charge is 2.36. The number of benzene rings is 2. The Bertz CT molecular complexity index is 1040. The Hall–Kier alpha value is -3.68. The molecule has 1 fully saturated rings. The molecule has 2 amide bonds. The highest BCUT2D eigenvalue weighted by molar-refractivity contribution is 6.00. The van der Waals surface area contributed by atoms with Gasteiger partial charge in [0, 0.05) is 24.3 Å². The van der Waals surface area contributed by atoms with Crippen LogP contribution in [0.15, 0.2) is 42.5 Å². The van der Waals surface area contributed by atoms with Crippen LogP contribution >= 0.6 is 0 Å². The second-order valence-electron chi connectivity index (χ2n) is 7.99. The topological polar surface area (TPSA) is 102 Å². The lowest BCUT2D eigenvalue weighted by molar-refractivity contribution is -0.151. The van der Waals surface area contributed by atoms with E-state index in [-0.39, 0.29) is 25.5 Å². The summed E-state index contributed by atoms with van der Waals surface area (Å²) in [4.78, 5) is 50.7. The number of carbonyl (C=O) groups excluding carboxylic acids is 4. The van der Waals surface area contributed by atoms with E-state index in [1.165, 1.54) is 4.90 Å². The molecule has 0 radical (unpaired) electrons. The lowest BCUT2D eigenvalue weighted by Crippen LogP contribution is -2.28. The quantitative estimate of drug-likeness (QED) is 0.568. The van der Waals surface area contributed by atoms with Gasteiger partial charge in [-0.05, 0) is 55.2 Å². The molecule has 2 aromatic carbocycles. The third-order valence-corrected chi connectivity index (χ3v) is 5.76. The largest absolute Gasteiger partial charge is 0.462 e. The number of esters is 2. The number of hydrogen-bond donors (Lipinski definition) is 1. The average molecular weight is 467 g/mol. The molecule has 180 valence electrons. The van der Waals surface area contributed by atoms with Crippen molar-refractivity contribution in [2.75, 3.05) is 30.0 Å². The second-order valence-corrected chi connectivity index (χ2v) is 7.99. The highest BCUT2D eigenvalue weighted by Crippen LogP contribution is 2.27. The first kappa shape index (κ1) is 25.0. The van der Waals surface area contributed by atoms with Gasteiger partial charge >= 0.3 is 11.9 Å². The van der Waals surface area contributed by atoms with Crippen LogP contribution in [0.25, 0.3) is 0 Å². The number of rotatable bonds is 9. The van der Waals surface area contributed by atoms with E-state index in [1.54, 1.807) is 31.2 Å². The molecular weight excluding hydrogens is 436 g/mol. The zero-order valence-electron chi connectivity index (χ0n) is 19.8. The van der Waals surface area contributed by atoms with Crippen LogP contribution in [-0.2, 0) is 36.7 Å². The molecule has 2 aromatic rings. The SMILES string of the molecule is CCOC(=O)c1ccc(N2C[C@@H](C(=O)OCC(=O)Nc3c(CC)cccc3CC)CC2=O)cc1. The fourth-order valence-corrected chi connectivity index (χ4v) is 3.94. The van der Waals surface area contributed by atoms with Gasteiger partial charge in [0.15, 0.2) is 6.61 Å². The molecule has 0 aliphatic carbocycles. The summed E-state index contributed by atoms with van der Waals surface area (Å²) in [5.41, 5.74) is 3.77. The molecule has 8 heteroatoms. The van der Waals surface area contributed by atoms with Crippen LogP contribution in [0.1, 0.15) is 48.7 Å². The van der Waals surface area contributed by atoms with E-state index in [0.717, 1.165) is 29.7 Å². The van der Waals surface area contributed by atoms with Gasteiger partial charge in [-0.2, -0.15) is 0 Å². The molecule has 8 nitrogen and oxygen atoms in total. The van der Waals surface area contributed by atoms with Gasteiger partial charge in [0.05, 0.1) is 18.1 Å². The minimum atomic E-state index is -0.667. The summed E-state index contributed by atoms with van der Waals surface area (Å²) in [6, 6.07) is 12.3. The number of para-hydroxylation sites is 1. The summed E-state index contributed by atoms with van der Waals surface area (Å²) < 4.78 is 10.2. The average Bonchev–Trinajstić information content (AvgIpc) is 3.24. The number of ether oxygens (including phenoxy) is 2. The Labute approximate surface area is 199 Å². The van der Waals surface area contributed by atoms with Crippen molar-refractivity contribution in [2.45, 2.75) is 40.0 Å². The van der Waals surface area contributed by atoms with Gasteiger partial charge in [0.2, 0.25) is 5.91 Å². The van der Waals surface area contributed by atoms with Crippen LogP contribution in [0.4, 0.5) is 11.4 Å². The molecule has 0 aromatic heterocycles. The van der Waals surface area contributed by atoms with Gasteiger partial charge in [-0.3, -0.25) is 14.4 Å². The third-order valence-electron chi connectivity index (χ3n) is 5.76. The first-order valence-electron chi connectivity index (χ1n) is 11.5. The van der Waals surface area contributed by atoms with Crippen molar-refractivity contribution >= 4 is 35.1 Å². The summed E-state index contributed by atoms with van der Waals surface area (Å²) >= 11 is 0. The van der Waals surface area contributed by atoms with E-state index in [0.29, 0.717) is 11.3 Å². The predicted octanol–water partition coefficient (Wildman–Crippen LogP) is 3.52. The van der Waals surface area contributed by atoms with Gasteiger partial charge in [-0.1, -0.05) is 32.0 Å². The first-order chi connectivity index (χ1) is 16.4. The van der Waals surface area contributed by atoms with Crippen LogP contribution in [-0.4, -0.2) is 43.5 Å². The van der Waals surface area contributed by atoms with E-state index in [4.69, 9.17) is 9.47 Å². The minimum Gasteiger partial charge on any atom is -0.462 e. The van der Waals surface area contributed by atoms with Crippen LogP contribution in [0.2, 0.25) is 0 Å². The molecule has 1 aliphatic heterocycles. The van der Waals surface area contributed by atoms with Gasteiger partial charge in [-0.25, -0.2) is 4.79 Å². The summed E-state index contributed by atoms with van der Waals surface area (Å²) in [5, 5.41) is 2.86. The Kier molecular flexibility index (Phi) is 8.40. The van der Waals surface area contributed by atoms with Crippen molar-refractivity contribution < 1.29 is 28.7 Å². The van der Waals surface area contributed by atoms with Crippen molar-refractivity contribution in [3.8, 4) is 0 Å². The van der Waals surface area contributed by atoms with Crippen molar-refractivity contribution in [3.63, 3.8) is 0 Å². The van der Waals surface area contributed by atoms with Gasteiger partial charge in [-0.15, -0.1) is 0 Å². The van der Waals surface area contributed by atoms with Crippen molar-refractivity contribution in [3.05, 3.63) is 59.2 Å². The van der Waals surface area contributed by atoms with Crippen molar-refractivity contribution in [1.82, 2.24) is 0 Å². The Morgan fingerprint density at radius 3 is 2.21 bits per heavy atom. The summed E-state index contributed by atoms with van der Waals surface area (Å²) in [5.74, 6) is -2.33. The maximum atomic E-state index is 12.5. The number of nitrogens with one attached hydrogen (secondary N) is 1. The predicted molar refractivity (Wildman–Crippen MR) is 128 cm³/mol. The second kappa shape index (κ2) is 11.4. The number of aryl methyl sites for hydroxylation is 2. The smallest absolute Gasteiger partial charge is 0.338 e. The Morgan fingerprint density at radius 2 is 1.62 bits per heavy atom. The molecule has 1 atom stereocenters. The van der Waals surface area contributed by atoms with E-state index >= 15 is 0 Å². The summed E-state index contributed by atoms with van der Waals surface area (Å²) in [6.07, 6.45) is 1.53. The number of hydrogen-bond acceptors (Lipinski definition) is 6. The monoisotopic (exact) mass is 466 g/mol. The standard InChI is InChI=1S/C26H30N2O6/c1-4-17-8-7-9-18(5-2)24(17)27-22(29)16-34-26(32)20-14-23(30)28(15-20)21-12-10-19(11-13-21)25(31)33-6-3/h7-13,20H,4-6,14-16H2,1-3H3,(H,27,29)/t20-/m0/s1. The van der Waals surface area contributed by atoms with Crippen LogP contribution in [0.3, 0.4) is 0 Å². The molecular formula is C26H30N2O6. The normalized spacial score (nSPS) is 15.2. The zero-order chi connectivity index (χ0) is 24.7. The zero-order valence-corrected chi connectivity index (χ0v) is 19.8. The van der Waals surface area contributed by atoms with Crippen molar-refractivity contribution in [2.24, 2.45) is 5.92 Å². The van der Waals surface area contributed by atoms with E-state index < -0.39 is 30.4 Å². The fourth-order valence-electron chi connectivity index (χ4n) is 3.94. The maximum absolute atomic E-state index is 12.5. The number of nitrogens with zero attached hydrogens (tertiary/aromatic N) is 1. The summed E-state index contributed by atoms with van der Waals surface area (Å²) in [6.45, 7) is 5.76. The molecule has 0 saturated carbocycles. The Balaban J connectivity index is 1.56. The van der Waals surface area contributed by atoms with E-state index in [9.17, 15) is 19.2 Å². The molecule has 3 rings (SSSR count). The van der Waals surface area contributed by atoms with Gasteiger partial charge in [0.1, 0.15) is 0 Å². The molecule has 34 heavy (non-hydrogen) atoms. The van der Waals surface area contributed by atoms with Crippen LogP contribution in [0, 0.1) is 5.92 Å². The lowest BCUT2D eigenvalue weighted by Gasteiger charge is -2.17. The van der Waals surface area contributed by atoms with Gasteiger partial charge < -0.3 is 19.7 Å². The van der Waals surface area contributed by atoms with Gasteiger partial charge in [0.25, 0.3) is 5.91 Å². The molecule has 1 heterocycles. The minimum absolute atomic E-state index is 0.00126. The molecule has 0 unspecified atom stereocenters. The molecule has 0 bridgehead atoms. The van der Waals surface area contributed by atoms with E-state index in [2.05, 4.69) is 5.32 Å². The van der Waals surface area contributed by atoms with Crippen molar-refractivity contribution in [1.29, 1.82) is 0 Å². The Morgan fingerprint density at radius 1 is 0.971 bits per heavy atom. The summed E-state index contributed by atoms with van der Waals surface area (Å²) in [7, 11) is 0. The van der Waals surface area contributed by atoms with E-state index in [1.807, 2.05) is 32.0 Å². The number of amides is 2. The maximum Gasteiger partial charge on any atom is 0.338 e. The molecule has 1 N–H and O–H groups in total. The molecule has 1 aliphatic rings. The van der Waals surface area contributed by atoms with Crippen LogP contribution < -0.4 is 10.2 Å².